The highest BCUT2D eigenvalue weighted by Gasteiger charge is 2.02. The number of rotatable bonds is 4. The summed E-state index contributed by atoms with van der Waals surface area (Å²) in [4.78, 5) is 0. The van der Waals surface area contributed by atoms with Crippen molar-refractivity contribution in [1.82, 2.24) is 0 Å². The first-order chi connectivity index (χ1) is 12.4. The van der Waals surface area contributed by atoms with Crippen molar-refractivity contribution in [1.29, 1.82) is 0 Å². The van der Waals surface area contributed by atoms with Crippen molar-refractivity contribution < 1.29 is 0 Å². The topological polar surface area (TPSA) is 0 Å². The highest BCUT2D eigenvalue weighted by molar-refractivity contribution is 6.67. The zero-order valence-corrected chi connectivity index (χ0v) is 15.1. The van der Waals surface area contributed by atoms with Crippen molar-refractivity contribution in [3.8, 4) is 22.3 Å². The predicted octanol–water partition coefficient (Wildman–Crippen LogP) is 4.41. The van der Waals surface area contributed by atoms with E-state index in [4.69, 9.17) is 0 Å². The summed E-state index contributed by atoms with van der Waals surface area (Å²) in [5.74, 6) is 0. The molecule has 4 rings (SSSR count). The van der Waals surface area contributed by atoms with Crippen LogP contribution in [-0.2, 0) is 0 Å². The highest BCUT2D eigenvalue weighted by Crippen LogP contribution is 2.18. The maximum atomic E-state index is 2.27. The van der Waals surface area contributed by atoms with E-state index in [0.717, 1.165) is 0 Å². The molecule has 0 amide bonds. The van der Waals surface area contributed by atoms with E-state index < -0.39 is 0 Å². The zero-order valence-electron chi connectivity index (χ0n) is 14.0. The van der Waals surface area contributed by atoms with Crippen LogP contribution in [0.4, 0.5) is 0 Å². The molecule has 1 heteroatoms. The molecule has 0 heterocycles. The van der Waals surface area contributed by atoms with Gasteiger partial charge in [0, 0.05) is 0 Å². The fraction of sp³-hybridized carbons (Fsp3) is 0. The van der Waals surface area contributed by atoms with E-state index in [9.17, 15) is 0 Å². The number of hydrogen-bond donors (Lipinski definition) is 0. The van der Waals surface area contributed by atoms with Gasteiger partial charge in [0.25, 0.3) is 0 Å². The Morgan fingerprint density at radius 3 is 1.00 bits per heavy atom. The Morgan fingerprint density at radius 2 is 0.640 bits per heavy atom. The van der Waals surface area contributed by atoms with Crippen LogP contribution in [0.15, 0.2) is 109 Å². The standard InChI is InChI=1S/C24H19Si/c1-3-7-19(8-4-1)21-11-15-23(16-12-21)25-24-17-13-22(14-18-24)20-9-5-2-6-10-20/h1-18,25H. The maximum Gasteiger partial charge on any atom is 0.103 e. The molecule has 0 bridgehead atoms. The second-order valence-corrected chi connectivity index (χ2v) is 7.74. The third-order valence-electron chi connectivity index (χ3n) is 4.37. The first-order valence-electron chi connectivity index (χ1n) is 8.54. The smallest absolute Gasteiger partial charge is 0.0626 e. The number of hydrogen-bond acceptors (Lipinski definition) is 0. The van der Waals surface area contributed by atoms with Gasteiger partial charge in [-0.15, -0.1) is 0 Å². The van der Waals surface area contributed by atoms with E-state index in [1.807, 2.05) is 0 Å². The van der Waals surface area contributed by atoms with Crippen LogP contribution in [0.3, 0.4) is 0 Å². The maximum absolute atomic E-state index is 2.27. The van der Waals surface area contributed by atoms with Crippen LogP contribution in [0.1, 0.15) is 0 Å². The van der Waals surface area contributed by atoms with Gasteiger partial charge in [-0.05, 0) is 22.3 Å². The zero-order chi connectivity index (χ0) is 16.9. The molecule has 4 aromatic rings. The van der Waals surface area contributed by atoms with E-state index >= 15 is 0 Å². The summed E-state index contributed by atoms with van der Waals surface area (Å²) in [6.07, 6.45) is 0. The van der Waals surface area contributed by atoms with Crippen molar-refractivity contribution in [2.45, 2.75) is 0 Å². The molecule has 0 unspecified atom stereocenters. The molecule has 0 aliphatic heterocycles. The Labute approximate surface area is 151 Å². The summed E-state index contributed by atoms with van der Waals surface area (Å²) in [6, 6.07) is 39.1. The molecular formula is C24H19Si. The second-order valence-electron chi connectivity index (χ2n) is 6.12. The van der Waals surface area contributed by atoms with Crippen LogP contribution in [0, 0.1) is 0 Å². The third-order valence-corrected chi connectivity index (χ3v) is 5.81. The highest BCUT2D eigenvalue weighted by atomic mass is 28.2. The van der Waals surface area contributed by atoms with Crippen LogP contribution in [0.25, 0.3) is 22.3 Å². The van der Waals surface area contributed by atoms with E-state index in [2.05, 4.69) is 109 Å². The summed E-state index contributed by atoms with van der Waals surface area (Å²) in [6.45, 7) is 0. The fourth-order valence-electron chi connectivity index (χ4n) is 3.00. The van der Waals surface area contributed by atoms with Gasteiger partial charge in [-0.1, -0.05) is 120 Å². The molecule has 0 aromatic heterocycles. The van der Waals surface area contributed by atoms with Gasteiger partial charge in [-0.25, -0.2) is 0 Å². The van der Waals surface area contributed by atoms with Crippen molar-refractivity contribution in [3.63, 3.8) is 0 Å². The monoisotopic (exact) mass is 335 g/mol. The Hall–Kier alpha value is -2.90. The molecule has 0 N–H and O–H groups in total. The molecule has 0 saturated heterocycles. The van der Waals surface area contributed by atoms with E-state index in [-0.39, 0.29) is 9.52 Å². The first kappa shape index (κ1) is 15.6. The van der Waals surface area contributed by atoms with Crippen molar-refractivity contribution in [2.24, 2.45) is 0 Å². The molecule has 0 aliphatic carbocycles. The minimum atomic E-state index is 0.129. The molecule has 0 atom stereocenters. The summed E-state index contributed by atoms with van der Waals surface area (Å²) in [5, 5.41) is 2.85. The molecular weight excluding hydrogens is 316 g/mol. The Morgan fingerprint density at radius 1 is 0.320 bits per heavy atom. The molecule has 0 saturated carbocycles. The largest absolute Gasteiger partial charge is 0.103 e. The van der Waals surface area contributed by atoms with Gasteiger partial charge < -0.3 is 0 Å². The molecule has 0 fully saturated rings. The number of benzene rings is 4. The van der Waals surface area contributed by atoms with Gasteiger partial charge in [-0.3, -0.25) is 0 Å². The molecule has 119 valence electrons. The van der Waals surface area contributed by atoms with Crippen molar-refractivity contribution >= 4 is 19.9 Å². The average Bonchev–Trinajstić information content (AvgIpc) is 2.71. The van der Waals surface area contributed by atoms with Crippen LogP contribution in [0.2, 0.25) is 0 Å². The van der Waals surface area contributed by atoms with E-state index in [0.29, 0.717) is 0 Å². The van der Waals surface area contributed by atoms with Gasteiger partial charge >= 0.3 is 0 Å². The lowest BCUT2D eigenvalue weighted by Gasteiger charge is -2.06. The lowest BCUT2D eigenvalue weighted by atomic mass is 10.1. The molecule has 1 radical (unpaired) electrons. The average molecular weight is 336 g/mol. The quantitative estimate of drug-likeness (QED) is 0.485. The Balaban J connectivity index is 1.49. The van der Waals surface area contributed by atoms with Gasteiger partial charge in [0.05, 0.1) is 0 Å². The molecule has 0 spiro atoms. The second kappa shape index (κ2) is 7.33. The Bertz CT molecular complexity index is 844. The molecule has 25 heavy (non-hydrogen) atoms. The minimum Gasteiger partial charge on any atom is -0.0626 e. The lowest BCUT2D eigenvalue weighted by Crippen LogP contribution is -2.26. The fourth-order valence-corrected chi connectivity index (χ4v) is 4.15. The lowest BCUT2D eigenvalue weighted by molar-refractivity contribution is 1.63. The summed E-state index contributed by atoms with van der Waals surface area (Å²) < 4.78 is 0. The Kier molecular flexibility index (Phi) is 4.58. The van der Waals surface area contributed by atoms with Gasteiger partial charge in [0.1, 0.15) is 9.52 Å². The summed E-state index contributed by atoms with van der Waals surface area (Å²) in [5.41, 5.74) is 5.11. The SMILES string of the molecule is c1ccc(-c2ccc([SiH]c3ccc(-c4ccccc4)cc3)cc2)cc1. The van der Waals surface area contributed by atoms with Crippen molar-refractivity contribution in [3.05, 3.63) is 109 Å². The predicted molar refractivity (Wildman–Crippen MR) is 110 cm³/mol. The van der Waals surface area contributed by atoms with E-state index in [1.54, 1.807) is 0 Å². The normalized spacial score (nSPS) is 10.6. The molecule has 0 aliphatic rings. The summed E-state index contributed by atoms with van der Waals surface area (Å²) in [7, 11) is 0.129. The van der Waals surface area contributed by atoms with Gasteiger partial charge in [0.15, 0.2) is 0 Å². The third kappa shape index (κ3) is 3.78. The summed E-state index contributed by atoms with van der Waals surface area (Å²) >= 11 is 0. The van der Waals surface area contributed by atoms with Crippen LogP contribution in [-0.4, -0.2) is 9.52 Å². The first-order valence-corrected chi connectivity index (χ1v) is 9.70. The van der Waals surface area contributed by atoms with Crippen molar-refractivity contribution in [2.75, 3.05) is 0 Å². The van der Waals surface area contributed by atoms with Crippen LogP contribution >= 0.6 is 0 Å². The van der Waals surface area contributed by atoms with Gasteiger partial charge in [-0.2, -0.15) is 0 Å². The van der Waals surface area contributed by atoms with Gasteiger partial charge in [0.2, 0.25) is 0 Å². The molecule has 0 nitrogen and oxygen atoms in total. The molecule has 4 aromatic carbocycles. The van der Waals surface area contributed by atoms with Crippen LogP contribution < -0.4 is 10.4 Å². The van der Waals surface area contributed by atoms with E-state index in [1.165, 1.54) is 32.6 Å². The minimum absolute atomic E-state index is 0.129. The van der Waals surface area contributed by atoms with Crippen LogP contribution in [0.5, 0.6) is 0 Å².